The molecule has 0 spiro atoms. The zero-order valence-electron chi connectivity index (χ0n) is 16.0. The molecular weight excluding hydrogens is 406 g/mol. The smallest absolute Gasteiger partial charge is 0.273 e. The summed E-state index contributed by atoms with van der Waals surface area (Å²) in [7, 11) is -3.53. The van der Waals surface area contributed by atoms with Gasteiger partial charge in [-0.1, -0.05) is 48.0 Å². The van der Waals surface area contributed by atoms with Gasteiger partial charge in [0.25, 0.3) is 5.91 Å². The van der Waals surface area contributed by atoms with Crippen LogP contribution in [0.4, 0.5) is 0 Å². The number of hydrogen-bond acceptors (Lipinski definition) is 5. The van der Waals surface area contributed by atoms with E-state index in [1.165, 1.54) is 21.2 Å². The lowest BCUT2D eigenvalue weighted by atomic mass is 10.2. The van der Waals surface area contributed by atoms with Crippen molar-refractivity contribution in [3.63, 3.8) is 0 Å². The van der Waals surface area contributed by atoms with E-state index in [1.54, 1.807) is 40.6 Å². The molecule has 0 radical (unpaired) electrons. The van der Waals surface area contributed by atoms with Crippen molar-refractivity contribution in [3.8, 4) is 10.6 Å². The van der Waals surface area contributed by atoms with E-state index >= 15 is 0 Å². The highest BCUT2D eigenvalue weighted by Gasteiger charge is 2.31. The fourth-order valence-electron chi connectivity index (χ4n) is 3.24. The zero-order valence-corrected chi connectivity index (χ0v) is 17.6. The molecule has 0 saturated carbocycles. The monoisotopic (exact) mass is 427 g/mol. The lowest BCUT2D eigenvalue weighted by Crippen LogP contribution is -2.50. The Morgan fingerprint density at radius 1 is 0.966 bits per heavy atom. The second kappa shape index (κ2) is 8.06. The molecule has 0 N–H and O–H groups in total. The van der Waals surface area contributed by atoms with Gasteiger partial charge < -0.3 is 4.90 Å². The van der Waals surface area contributed by atoms with Gasteiger partial charge in [-0.3, -0.25) is 4.79 Å². The average Bonchev–Trinajstić information content (AvgIpc) is 3.25. The average molecular weight is 428 g/mol. The Labute approximate surface area is 174 Å². The molecule has 29 heavy (non-hydrogen) atoms. The molecule has 1 aromatic heterocycles. The molecule has 0 unspecified atom stereocenters. The van der Waals surface area contributed by atoms with Crippen molar-refractivity contribution in [3.05, 3.63) is 71.2 Å². The summed E-state index contributed by atoms with van der Waals surface area (Å²) in [6, 6.07) is 16.4. The van der Waals surface area contributed by atoms with Gasteiger partial charge in [0.2, 0.25) is 10.0 Å². The second-order valence-corrected chi connectivity index (χ2v) is 9.71. The van der Waals surface area contributed by atoms with E-state index in [1.807, 2.05) is 31.2 Å². The van der Waals surface area contributed by atoms with Crippen LogP contribution in [0.5, 0.6) is 0 Å². The molecule has 4 rings (SSSR count). The van der Waals surface area contributed by atoms with E-state index in [0.29, 0.717) is 18.8 Å². The van der Waals surface area contributed by atoms with E-state index in [2.05, 4.69) is 4.98 Å². The molecule has 0 atom stereocenters. The minimum absolute atomic E-state index is 0.156. The molecule has 1 saturated heterocycles. The van der Waals surface area contributed by atoms with Crippen molar-refractivity contribution in [2.75, 3.05) is 26.2 Å². The van der Waals surface area contributed by atoms with Crippen molar-refractivity contribution in [2.24, 2.45) is 0 Å². The van der Waals surface area contributed by atoms with Gasteiger partial charge in [0, 0.05) is 37.1 Å². The summed E-state index contributed by atoms with van der Waals surface area (Å²) in [4.78, 5) is 19.3. The minimum atomic E-state index is -3.53. The van der Waals surface area contributed by atoms with Crippen LogP contribution in [0.1, 0.15) is 16.1 Å². The summed E-state index contributed by atoms with van der Waals surface area (Å²) in [5.74, 6) is -0.156. The van der Waals surface area contributed by atoms with Gasteiger partial charge in [-0.2, -0.15) is 4.31 Å². The molecule has 1 amide bonds. The van der Waals surface area contributed by atoms with Crippen LogP contribution < -0.4 is 0 Å². The van der Waals surface area contributed by atoms with Crippen molar-refractivity contribution in [2.45, 2.75) is 11.8 Å². The largest absolute Gasteiger partial charge is 0.335 e. The van der Waals surface area contributed by atoms with E-state index in [-0.39, 0.29) is 23.9 Å². The van der Waals surface area contributed by atoms with Crippen LogP contribution in [0.3, 0.4) is 0 Å². The molecule has 2 aromatic carbocycles. The topological polar surface area (TPSA) is 70.6 Å². The van der Waals surface area contributed by atoms with Crippen LogP contribution in [-0.4, -0.2) is 54.7 Å². The predicted octanol–water partition coefficient (Wildman–Crippen LogP) is 3.27. The lowest BCUT2D eigenvalue weighted by Gasteiger charge is -2.33. The minimum Gasteiger partial charge on any atom is -0.335 e. The molecule has 3 aromatic rings. The molecular formula is C21H21N3O3S2. The first-order chi connectivity index (χ1) is 13.9. The van der Waals surface area contributed by atoms with Crippen LogP contribution in [0.25, 0.3) is 10.6 Å². The maximum Gasteiger partial charge on any atom is 0.273 e. The Balaban J connectivity index is 1.43. The Bertz CT molecular complexity index is 1100. The van der Waals surface area contributed by atoms with Crippen LogP contribution in [-0.2, 0) is 10.0 Å². The SMILES string of the molecule is Cc1ccc(-c2nc(C(=O)N3CCN(S(=O)(=O)c4ccccc4)CC3)cs2)cc1. The van der Waals surface area contributed by atoms with Crippen LogP contribution in [0.2, 0.25) is 0 Å². The van der Waals surface area contributed by atoms with E-state index in [9.17, 15) is 13.2 Å². The van der Waals surface area contributed by atoms with Crippen molar-refractivity contribution < 1.29 is 13.2 Å². The number of rotatable bonds is 4. The number of sulfonamides is 1. The Morgan fingerprint density at radius 3 is 2.28 bits per heavy atom. The summed E-state index contributed by atoms with van der Waals surface area (Å²) in [6.07, 6.45) is 0. The maximum atomic E-state index is 12.8. The molecule has 2 heterocycles. The van der Waals surface area contributed by atoms with Gasteiger partial charge in [0.05, 0.1) is 4.90 Å². The number of aromatic nitrogens is 1. The van der Waals surface area contributed by atoms with E-state index in [0.717, 1.165) is 10.6 Å². The number of thiazole rings is 1. The molecule has 1 aliphatic rings. The van der Waals surface area contributed by atoms with Crippen molar-refractivity contribution >= 4 is 27.3 Å². The number of hydrogen-bond donors (Lipinski definition) is 0. The third-order valence-corrected chi connectivity index (χ3v) is 7.73. The van der Waals surface area contributed by atoms with E-state index in [4.69, 9.17) is 0 Å². The summed E-state index contributed by atoms with van der Waals surface area (Å²) in [5.41, 5.74) is 2.56. The van der Waals surface area contributed by atoms with Gasteiger partial charge in [-0.15, -0.1) is 11.3 Å². The first-order valence-electron chi connectivity index (χ1n) is 9.32. The quantitative estimate of drug-likeness (QED) is 0.641. The van der Waals surface area contributed by atoms with Crippen molar-refractivity contribution in [1.29, 1.82) is 0 Å². The fourth-order valence-corrected chi connectivity index (χ4v) is 5.48. The number of carbonyl (C=O) groups is 1. The maximum absolute atomic E-state index is 12.8. The predicted molar refractivity (Wildman–Crippen MR) is 113 cm³/mol. The highest BCUT2D eigenvalue weighted by molar-refractivity contribution is 7.89. The Hall–Kier alpha value is -2.55. The summed E-state index contributed by atoms with van der Waals surface area (Å²) < 4.78 is 26.9. The molecule has 0 bridgehead atoms. The normalized spacial score (nSPS) is 15.4. The first kappa shape index (κ1) is 19.8. The molecule has 0 aliphatic carbocycles. The fraction of sp³-hybridized carbons (Fsp3) is 0.238. The highest BCUT2D eigenvalue weighted by atomic mass is 32.2. The number of benzene rings is 2. The third-order valence-electron chi connectivity index (χ3n) is 4.93. The number of nitrogens with zero attached hydrogens (tertiary/aromatic N) is 3. The van der Waals surface area contributed by atoms with E-state index < -0.39 is 10.0 Å². The van der Waals surface area contributed by atoms with Gasteiger partial charge in [0.1, 0.15) is 10.7 Å². The number of amides is 1. The van der Waals surface area contributed by atoms with Crippen LogP contribution in [0, 0.1) is 6.92 Å². The number of carbonyl (C=O) groups excluding carboxylic acids is 1. The zero-order chi connectivity index (χ0) is 20.4. The van der Waals surface area contributed by atoms with Crippen molar-refractivity contribution in [1.82, 2.24) is 14.2 Å². The van der Waals surface area contributed by atoms with Crippen LogP contribution >= 0.6 is 11.3 Å². The lowest BCUT2D eigenvalue weighted by molar-refractivity contribution is 0.0693. The van der Waals surface area contributed by atoms with Gasteiger partial charge in [0.15, 0.2) is 0 Å². The highest BCUT2D eigenvalue weighted by Crippen LogP contribution is 2.25. The molecule has 8 heteroatoms. The molecule has 150 valence electrons. The summed E-state index contributed by atoms with van der Waals surface area (Å²) >= 11 is 1.44. The Morgan fingerprint density at radius 2 is 1.62 bits per heavy atom. The molecule has 1 fully saturated rings. The molecule has 6 nitrogen and oxygen atoms in total. The molecule has 1 aliphatic heterocycles. The third kappa shape index (κ3) is 4.10. The summed E-state index contributed by atoms with van der Waals surface area (Å²) in [5, 5.41) is 2.57. The summed E-state index contributed by atoms with van der Waals surface area (Å²) in [6.45, 7) is 3.28. The van der Waals surface area contributed by atoms with Crippen LogP contribution in [0.15, 0.2) is 64.9 Å². The van der Waals surface area contributed by atoms with Gasteiger partial charge in [-0.05, 0) is 19.1 Å². The second-order valence-electron chi connectivity index (χ2n) is 6.91. The first-order valence-corrected chi connectivity index (χ1v) is 11.6. The standard InChI is InChI=1S/C21H21N3O3S2/c1-16-7-9-17(10-8-16)20-22-19(15-28-20)21(25)23-11-13-24(14-12-23)29(26,27)18-5-3-2-4-6-18/h2-10,15H,11-14H2,1H3. The van der Waals surface area contributed by atoms with Gasteiger partial charge >= 0.3 is 0 Å². The number of aryl methyl sites for hydroxylation is 1. The number of piperazine rings is 1. The van der Waals surface area contributed by atoms with Gasteiger partial charge in [-0.25, -0.2) is 13.4 Å². The Kier molecular flexibility index (Phi) is 5.49.